The van der Waals surface area contributed by atoms with Gasteiger partial charge >= 0.3 is 6.18 Å². The number of carbonyl (C=O) groups is 1. The number of rotatable bonds is 4. The number of piperidine rings is 1. The van der Waals surface area contributed by atoms with Crippen molar-refractivity contribution in [3.05, 3.63) is 22.9 Å². The van der Waals surface area contributed by atoms with Crippen LogP contribution < -0.4 is 10.2 Å². The highest BCUT2D eigenvalue weighted by molar-refractivity contribution is 5.98. The Kier molecular flexibility index (Phi) is 4.13. The Morgan fingerprint density at radius 3 is 2.65 bits per heavy atom. The van der Waals surface area contributed by atoms with Crippen molar-refractivity contribution in [3.63, 3.8) is 0 Å². The van der Waals surface area contributed by atoms with Crippen LogP contribution >= 0.6 is 0 Å². The van der Waals surface area contributed by atoms with Crippen molar-refractivity contribution < 1.29 is 22.7 Å². The van der Waals surface area contributed by atoms with E-state index in [4.69, 9.17) is 4.74 Å². The fraction of sp³-hybridized carbons (Fsp3) is 0.667. The van der Waals surface area contributed by atoms with Crippen LogP contribution in [-0.4, -0.2) is 42.9 Å². The molecule has 4 rings (SSSR count). The maximum Gasteiger partial charge on any atom is 0.396 e. The monoisotopic (exact) mass is 369 g/mol. The van der Waals surface area contributed by atoms with Gasteiger partial charge in [-0.2, -0.15) is 13.2 Å². The molecule has 5 nitrogen and oxygen atoms in total. The predicted octanol–water partition coefficient (Wildman–Crippen LogP) is 2.96. The van der Waals surface area contributed by atoms with Crippen molar-refractivity contribution >= 4 is 11.7 Å². The summed E-state index contributed by atoms with van der Waals surface area (Å²) in [6.45, 7) is 3.54. The first-order valence-electron chi connectivity index (χ1n) is 9.01. The summed E-state index contributed by atoms with van der Waals surface area (Å²) in [5, 5.41) is 2.77. The Balaban J connectivity index is 1.35. The van der Waals surface area contributed by atoms with Gasteiger partial charge in [-0.05, 0) is 44.2 Å². The second kappa shape index (κ2) is 6.11. The minimum atomic E-state index is -4.16. The number of hydrogen-bond acceptors (Lipinski definition) is 4. The Hall–Kier alpha value is -1.83. The van der Waals surface area contributed by atoms with Crippen molar-refractivity contribution in [3.8, 4) is 0 Å². The van der Waals surface area contributed by atoms with Gasteiger partial charge in [0.05, 0.1) is 35.9 Å². The maximum atomic E-state index is 13.0. The highest BCUT2D eigenvalue weighted by Gasteiger charge is 2.63. The zero-order chi connectivity index (χ0) is 18.5. The van der Waals surface area contributed by atoms with Gasteiger partial charge in [0.15, 0.2) is 0 Å². The van der Waals surface area contributed by atoms with E-state index in [0.717, 1.165) is 17.1 Å². The van der Waals surface area contributed by atoms with Crippen molar-refractivity contribution in [2.24, 2.45) is 5.41 Å². The number of nitrogens with zero attached hydrogens (tertiary/aromatic N) is 2. The normalized spacial score (nSPS) is 22.3. The number of nitrogens with one attached hydrogen (secondary N) is 1. The SMILES string of the molecule is Cc1cc2c(nc1N1CCC(OCC3(C(F)(F)F)CC3)CC1)CNC2=O. The molecule has 1 aromatic rings. The summed E-state index contributed by atoms with van der Waals surface area (Å²) in [6.07, 6.45) is -2.57. The molecule has 26 heavy (non-hydrogen) atoms. The first kappa shape index (κ1) is 17.6. The van der Waals surface area contributed by atoms with E-state index in [2.05, 4.69) is 15.2 Å². The van der Waals surface area contributed by atoms with Gasteiger partial charge < -0.3 is 15.0 Å². The quantitative estimate of drug-likeness (QED) is 0.887. The summed E-state index contributed by atoms with van der Waals surface area (Å²) in [7, 11) is 0. The third-order valence-electron chi connectivity index (χ3n) is 5.72. The van der Waals surface area contributed by atoms with Gasteiger partial charge in [-0.3, -0.25) is 4.79 Å². The van der Waals surface area contributed by atoms with E-state index < -0.39 is 11.6 Å². The zero-order valence-corrected chi connectivity index (χ0v) is 14.7. The highest BCUT2D eigenvalue weighted by Crippen LogP contribution is 2.57. The average Bonchev–Trinajstić information content (AvgIpc) is 3.33. The second-order valence-corrected chi connectivity index (χ2v) is 7.58. The van der Waals surface area contributed by atoms with Gasteiger partial charge in [0.1, 0.15) is 5.82 Å². The molecule has 1 saturated heterocycles. The summed E-state index contributed by atoms with van der Waals surface area (Å²) in [4.78, 5) is 18.5. The van der Waals surface area contributed by atoms with Crippen molar-refractivity contribution in [1.29, 1.82) is 0 Å². The third-order valence-corrected chi connectivity index (χ3v) is 5.72. The highest BCUT2D eigenvalue weighted by atomic mass is 19.4. The van der Waals surface area contributed by atoms with Crippen LogP contribution in [0.5, 0.6) is 0 Å². The molecule has 8 heteroatoms. The molecule has 0 bridgehead atoms. The van der Waals surface area contributed by atoms with E-state index in [1.165, 1.54) is 0 Å². The predicted molar refractivity (Wildman–Crippen MR) is 89.1 cm³/mol. The summed E-state index contributed by atoms with van der Waals surface area (Å²) >= 11 is 0. The van der Waals surface area contributed by atoms with E-state index in [1.807, 2.05) is 13.0 Å². The molecule has 1 aromatic heterocycles. The van der Waals surface area contributed by atoms with E-state index in [0.29, 0.717) is 38.0 Å². The molecule has 0 atom stereocenters. The molecule has 142 valence electrons. The molecule has 3 heterocycles. The lowest BCUT2D eigenvalue weighted by atomic mass is 10.0. The number of ether oxygens (including phenoxy) is 1. The van der Waals surface area contributed by atoms with Crippen LogP contribution in [0.1, 0.15) is 47.3 Å². The molecule has 2 aliphatic heterocycles. The van der Waals surface area contributed by atoms with E-state index in [1.54, 1.807) is 0 Å². The topological polar surface area (TPSA) is 54.5 Å². The Morgan fingerprint density at radius 1 is 1.35 bits per heavy atom. The molecule has 0 radical (unpaired) electrons. The van der Waals surface area contributed by atoms with Crippen LogP contribution in [0, 0.1) is 12.3 Å². The molecule has 1 saturated carbocycles. The molecule has 0 aromatic carbocycles. The number of aromatic nitrogens is 1. The average molecular weight is 369 g/mol. The number of pyridine rings is 1. The van der Waals surface area contributed by atoms with Gasteiger partial charge in [0.25, 0.3) is 5.91 Å². The molecule has 2 fully saturated rings. The Morgan fingerprint density at radius 2 is 2.04 bits per heavy atom. The van der Waals surface area contributed by atoms with Crippen LogP contribution in [0.15, 0.2) is 6.07 Å². The smallest absolute Gasteiger partial charge is 0.377 e. The standard InChI is InChI=1S/C18H22F3N3O2/c1-11-8-13-14(9-22-16(13)25)23-15(11)24-6-2-12(3-7-24)26-10-17(4-5-17)18(19,20)21/h8,12H,2-7,9-10H2,1H3,(H,22,25). The number of carbonyl (C=O) groups excluding carboxylic acids is 1. The fourth-order valence-corrected chi connectivity index (χ4v) is 3.72. The van der Waals surface area contributed by atoms with Gasteiger partial charge in [0.2, 0.25) is 0 Å². The second-order valence-electron chi connectivity index (χ2n) is 7.58. The van der Waals surface area contributed by atoms with Gasteiger partial charge in [-0.1, -0.05) is 0 Å². The number of aryl methyl sites for hydroxylation is 1. The third kappa shape index (κ3) is 3.04. The zero-order valence-electron chi connectivity index (χ0n) is 14.7. The number of halogens is 3. The van der Waals surface area contributed by atoms with Crippen LogP contribution in [0.3, 0.4) is 0 Å². The van der Waals surface area contributed by atoms with Crippen LogP contribution in [0.4, 0.5) is 19.0 Å². The number of hydrogen-bond donors (Lipinski definition) is 1. The minimum absolute atomic E-state index is 0.0899. The number of anilines is 1. The van der Waals surface area contributed by atoms with Gasteiger partial charge in [0, 0.05) is 13.1 Å². The maximum absolute atomic E-state index is 13.0. The van der Waals surface area contributed by atoms with E-state index in [9.17, 15) is 18.0 Å². The van der Waals surface area contributed by atoms with E-state index in [-0.39, 0.29) is 31.5 Å². The molecule has 0 spiro atoms. The first-order valence-corrected chi connectivity index (χ1v) is 9.01. The molecule has 3 aliphatic rings. The molecule has 1 amide bonds. The minimum Gasteiger partial charge on any atom is -0.377 e. The fourth-order valence-electron chi connectivity index (χ4n) is 3.72. The van der Waals surface area contributed by atoms with Gasteiger partial charge in [-0.15, -0.1) is 0 Å². The van der Waals surface area contributed by atoms with Gasteiger partial charge in [-0.25, -0.2) is 4.98 Å². The summed E-state index contributed by atoms with van der Waals surface area (Å²) in [6, 6.07) is 1.86. The molecule has 1 aliphatic carbocycles. The molecular formula is C18H22F3N3O2. The number of amides is 1. The summed E-state index contributed by atoms with van der Waals surface area (Å²) < 4.78 is 44.6. The van der Waals surface area contributed by atoms with Crippen molar-refractivity contribution in [1.82, 2.24) is 10.3 Å². The van der Waals surface area contributed by atoms with Crippen molar-refractivity contribution in [2.45, 2.75) is 51.4 Å². The van der Waals surface area contributed by atoms with Crippen LogP contribution in [0.2, 0.25) is 0 Å². The van der Waals surface area contributed by atoms with Crippen molar-refractivity contribution in [2.75, 3.05) is 24.6 Å². The lowest BCUT2D eigenvalue weighted by Gasteiger charge is -2.34. The number of fused-ring (bicyclic) bond motifs is 1. The Labute approximate surface area is 149 Å². The molecule has 0 unspecified atom stereocenters. The summed E-state index contributed by atoms with van der Waals surface area (Å²) in [5.74, 6) is 0.764. The number of alkyl halides is 3. The largest absolute Gasteiger partial charge is 0.396 e. The molecule has 1 N–H and O–H groups in total. The molecular weight excluding hydrogens is 347 g/mol. The lowest BCUT2D eigenvalue weighted by molar-refractivity contribution is -0.206. The van der Waals surface area contributed by atoms with Crippen LogP contribution in [-0.2, 0) is 11.3 Å². The van der Waals surface area contributed by atoms with Crippen LogP contribution in [0.25, 0.3) is 0 Å². The summed E-state index contributed by atoms with van der Waals surface area (Å²) in [5.41, 5.74) is 0.734. The first-order chi connectivity index (χ1) is 12.3. The van der Waals surface area contributed by atoms with E-state index >= 15 is 0 Å². The Bertz CT molecular complexity index is 723. The lowest BCUT2D eigenvalue weighted by Crippen LogP contribution is -2.39.